The van der Waals surface area contributed by atoms with E-state index in [9.17, 15) is 4.39 Å². The van der Waals surface area contributed by atoms with Crippen molar-refractivity contribution in [3.8, 4) is 6.07 Å². The summed E-state index contributed by atoms with van der Waals surface area (Å²) in [6.45, 7) is 0. The molecule has 0 amide bonds. The fourth-order valence-corrected chi connectivity index (χ4v) is 3.76. The number of nitriles is 1. The van der Waals surface area contributed by atoms with E-state index in [2.05, 4.69) is 30.3 Å². The summed E-state index contributed by atoms with van der Waals surface area (Å²) in [6.07, 6.45) is 8.80. The van der Waals surface area contributed by atoms with Gasteiger partial charge >= 0.3 is 0 Å². The SMILES string of the molecule is N#CCc1cc(F)ccc1CCc1ccc(C2CCCCC2)cc1. The molecule has 1 aliphatic rings. The summed E-state index contributed by atoms with van der Waals surface area (Å²) in [5.74, 6) is 0.480. The highest BCUT2D eigenvalue weighted by Crippen LogP contribution is 2.32. The molecule has 0 unspecified atom stereocenters. The molecule has 3 rings (SSSR count). The van der Waals surface area contributed by atoms with Crippen LogP contribution in [0.5, 0.6) is 0 Å². The molecule has 0 bridgehead atoms. The molecule has 0 spiro atoms. The third-order valence-electron chi connectivity index (χ3n) is 5.18. The van der Waals surface area contributed by atoms with Gasteiger partial charge in [-0.1, -0.05) is 49.6 Å². The van der Waals surface area contributed by atoms with Gasteiger partial charge in [-0.05, 0) is 66.0 Å². The number of halogens is 1. The molecule has 2 aromatic carbocycles. The molecule has 1 aliphatic carbocycles. The van der Waals surface area contributed by atoms with Gasteiger partial charge in [0, 0.05) is 0 Å². The zero-order valence-electron chi connectivity index (χ0n) is 14.1. The van der Waals surface area contributed by atoms with E-state index in [0.29, 0.717) is 0 Å². The largest absolute Gasteiger partial charge is 0.207 e. The summed E-state index contributed by atoms with van der Waals surface area (Å²) in [4.78, 5) is 0. The Morgan fingerprint density at radius 2 is 1.67 bits per heavy atom. The molecular weight excluding hydrogens is 297 g/mol. The van der Waals surface area contributed by atoms with E-state index in [4.69, 9.17) is 5.26 Å². The third kappa shape index (κ3) is 4.23. The summed E-state index contributed by atoms with van der Waals surface area (Å²) in [5.41, 5.74) is 4.68. The lowest BCUT2D eigenvalue weighted by molar-refractivity contribution is 0.443. The van der Waals surface area contributed by atoms with Crippen molar-refractivity contribution in [1.29, 1.82) is 5.26 Å². The summed E-state index contributed by atoms with van der Waals surface area (Å²) in [6, 6.07) is 16.0. The lowest BCUT2D eigenvalue weighted by Gasteiger charge is -2.22. The van der Waals surface area contributed by atoms with Crippen LogP contribution in [-0.2, 0) is 19.3 Å². The smallest absolute Gasteiger partial charge is 0.123 e. The van der Waals surface area contributed by atoms with Crippen LogP contribution < -0.4 is 0 Å². The first-order valence-corrected chi connectivity index (χ1v) is 8.99. The van der Waals surface area contributed by atoms with Gasteiger partial charge in [0.25, 0.3) is 0 Å². The molecule has 0 aliphatic heterocycles. The third-order valence-corrected chi connectivity index (χ3v) is 5.18. The topological polar surface area (TPSA) is 23.8 Å². The van der Waals surface area contributed by atoms with Crippen molar-refractivity contribution in [3.63, 3.8) is 0 Å². The van der Waals surface area contributed by atoms with E-state index in [1.165, 1.54) is 55.4 Å². The van der Waals surface area contributed by atoms with Crippen LogP contribution in [0.4, 0.5) is 4.39 Å². The molecule has 0 aromatic heterocycles. The van der Waals surface area contributed by atoms with E-state index in [0.717, 1.165) is 29.9 Å². The molecule has 24 heavy (non-hydrogen) atoms. The van der Waals surface area contributed by atoms with Gasteiger partial charge in [-0.15, -0.1) is 0 Å². The number of hydrogen-bond acceptors (Lipinski definition) is 1. The first-order chi connectivity index (χ1) is 11.8. The van der Waals surface area contributed by atoms with Crippen LogP contribution in [0.25, 0.3) is 0 Å². The zero-order chi connectivity index (χ0) is 16.8. The molecule has 1 fully saturated rings. The first kappa shape index (κ1) is 16.7. The van der Waals surface area contributed by atoms with Crippen LogP contribution in [0.15, 0.2) is 42.5 Å². The fraction of sp³-hybridized carbons (Fsp3) is 0.409. The van der Waals surface area contributed by atoms with Gasteiger partial charge in [0.15, 0.2) is 0 Å². The van der Waals surface area contributed by atoms with Gasteiger partial charge in [-0.2, -0.15) is 5.26 Å². The van der Waals surface area contributed by atoms with Gasteiger partial charge in [0.1, 0.15) is 5.82 Å². The molecule has 0 heterocycles. The summed E-state index contributed by atoms with van der Waals surface area (Å²) in [5, 5.41) is 8.90. The number of rotatable bonds is 5. The highest BCUT2D eigenvalue weighted by Gasteiger charge is 2.15. The minimum absolute atomic E-state index is 0.263. The highest BCUT2D eigenvalue weighted by atomic mass is 19.1. The average Bonchev–Trinajstić information content (AvgIpc) is 2.63. The maximum absolute atomic E-state index is 13.3. The van der Waals surface area contributed by atoms with Gasteiger partial charge in [-0.25, -0.2) is 4.39 Å². The van der Waals surface area contributed by atoms with Gasteiger partial charge in [-0.3, -0.25) is 0 Å². The van der Waals surface area contributed by atoms with Gasteiger partial charge in [0.05, 0.1) is 12.5 Å². The molecule has 0 N–H and O–H groups in total. The Labute approximate surface area is 144 Å². The Morgan fingerprint density at radius 1 is 0.917 bits per heavy atom. The molecule has 0 saturated heterocycles. The van der Waals surface area contributed by atoms with Crippen molar-refractivity contribution in [3.05, 3.63) is 70.5 Å². The Kier molecular flexibility index (Phi) is 5.64. The molecule has 124 valence electrons. The summed E-state index contributed by atoms with van der Waals surface area (Å²) < 4.78 is 13.3. The standard InChI is InChI=1S/C22H24FN/c23-22-13-12-20(21(16-22)14-15-24)11-8-17-6-9-19(10-7-17)18-4-2-1-3-5-18/h6-7,9-10,12-13,16,18H,1-5,8,11,14H2. The lowest BCUT2D eigenvalue weighted by Crippen LogP contribution is -2.04. The molecular formula is C22H24FN. The predicted molar refractivity (Wildman–Crippen MR) is 95.4 cm³/mol. The molecule has 0 radical (unpaired) electrons. The maximum Gasteiger partial charge on any atom is 0.123 e. The molecule has 2 heteroatoms. The van der Waals surface area contributed by atoms with E-state index in [1.807, 2.05) is 6.07 Å². The van der Waals surface area contributed by atoms with Gasteiger partial charge in [0.2, 0.25) is 0 Å². The zero-order valence-corrected chi connectivity index (χ0v) is 14.1. The molecule has 1 saturated carbocycles. The Bertz CT molecular complexity index is 706. The molecule has 0 atom stereocenters. The Morgan fingerprint density at radius 3 is 2.38 bits per heavy atom. The Balaban J connectivity index is 1.63. The van der Waals surface area contributed by atoms with Crippen LogP contribution in [0.2, 0.25) is 0 Å². The van der Waals surface area contributed by atoms with Crippen molar-refractivity contribution in [2.45, 2.75) is 57.3 Å². The first-order valence-electron chi connectivity index (χ1n) is 8.99. The number of nitrogens with zero attached hydrogens (tertiary/aromatic N) is 1. The van der Waals surface area contributed by atoms with Crippen molar-refractivity contribution >= 4 is 0 Å². The monoisotopic (exact) mass is 321 g/mol. The van der Waals surface area contributed by atoms with E-state index in [1.54, 1.807) is 0 Å². The summed E-state index contributed by atoms with van der Waals surface area (Å²) in [7, 11) is 0. The number of benzene rings is 2. The second kappa shape index (κ2) is 8.11. The van der Waals surface area contributed by atoms with Crippen LogP contribution in [-0.4, -0.2) is 0 Å². The van der Waals surface area contributed by atoms with E-state index in [-0.39, 0.29) is 12.2 Å². The van der Waals surface area contributed by atoms with Crippen molar-refractivity contribution in [1.82, 2.24) is 0 Å². The minimum atomic E-state index is -0.263. The van der Waals surface area contributed by atoms with Crippen molar-refractivity contribution in [2.24, 2.45) is 0 Å². The van der Waals surface area contributed by atoms with Crippen LogP contribution >= 0.6 is 0 Å². The van der Waals surface area contributed by atoms with Crippen LogP contribution in [0, 0.1) is 17.1 Å². The predicted octanol–water partition coefficient (Wildman–Crippen LogP) is 5.72. The maximum atomic E-state index is 13.3. The van der Waals surface area contributed by atoms with E-state index >= 15 is 0 Å². The number of aryl methyl sites for hydroxylation is 2. The van der Waals surface area contributed by atoms with Gasteiger partial charge < -0.3 is 0 Å². The molecule has 2 aromatic rings. The second-order valence-electron chi connectivity index (χ2n) is 6.82. The quantitative estimate of drug-likeness (QED) is 0.690. The van der Waals surface area contributed by atoms with Crippen molar-refractivity contribution in [2.75, 3.05) is 0 Å². The highest BCUT2D eigenvalue weighted by molar-refractivity contribution is 5.32. The van der Waals surface area contributed by atoms with Crippen LogP contribution in [0.1, 0.15) is 60.3 Å². The van der Waals surface area contributed by atoms with E-state index < -0.39 is 0 Å². The molecule has 1 nitrogen and oxygen atoms in total. The fourth-order valence-electron chi connectivity index (χ4n) is 3.76. The minimum Gasteiger partial charge on any atom is -0.207 e. The van der Waals surface area contributed by atoms with Crippen molar-refractivity contribution < 1.29 is 4.39 Å². The Hall–Kier alpha value is -2.14. The second-order valence-corrected chi connectivity index (χ2v) is 6.82. The lowest BCUT2D eigenvalue weighted by atomic mass is 9.84. The average molecular weight is 321 g/mol. The normalized spacial score (nSPS) is 15.2. The summed E-state index contributed by atoms with van der Waals surface area (Å²) >= 11 is 0. The van der Waals surface area contributed by atoms with Crippen LogP contribution in [0.3, 0.4) is 0 Å². The number of hydrogen-bond donors (Lipinski definition) is 0.